The molecule has 0 aromatic carbocycles. The van der Waals surface area contributed by atoms with Gasteiger partial charge >= 0.3 is 11.9 Å². The summed E-state index contributed by atoms with van der Waals surface area (Å²) in [4.78, 5) is 25.2. The number of nitrogens with one attached hydrogen (secondary N) is 1. The van der Waals surface area contributed by atoms with Gasteiger partial charge in [-0.15, -0.1) is 0 Å². The molecule has 70 valence electrons. The lowest BCUT2D eigenvalue weighted by Gasteiger charge is -1.97. The fourth-order valence-electron chi connectivity index (χ4n) is 0.553. The minimum absolute atomic E-state index is 0.264. The fraction of sp³-hybridized carbons (Fsp3) is 0.167. The van der Waals surface area contributed by atoms with Crippen molar-refractivity contribution in [1.29, 1.82) is 0 Å². The van der Waals surface area contributed by atoms with Gasteiger partial charge in [0.15, 0.2) is 5.13 Å². The van der Waals surface area contributed by atoms with Crippen molar-refractivity contribution in [1.82, 2.24) is 4.98 Å². The SMILES string of the molecule is COC(=O)C(=O)Nc1ncc(Cl)s1. The standard InChI is InChI=1S/C6H5ClN2O3S/c1-12-5(11)4(10)9-6-8-2-3(7)13-6/h2H,1H3,(H,8,9,10). The monoisotopic (exact) mass is 220 g/mol. The fourth-order valence-corrected chi connectivity index (χ4v) is 1.36. The average Bonchev–Trinajstić information content (AvgIpc) is 2.49. The number of ether oxygens (including phenoxy) is 1. The first kappa shape index (κ1) is 9.94. The molecule has 1 amide bonds. The Morgan fingerprint density at radius 3 is 2.85 bits per heavy atom. The van der Waals surface area contributed by atoms with Gasteiger partial charge in [-0.3, -0.25) is 10.1 Å². The van der Waals surface area contributed by atoms with Crippen molar-refractivity contribution in [3.05, 3.63) is 10.5 Å². The van der Waals surface area contributed by atoms with E-state index < -0.39 is 11.9 Å². The highest BCUT2D eigenvalue weighted by Crippen LogP contribution is 2.22. The van der Waals surface area contributed by atoms with E-state index >= 15 is 0 Å². The van der Waals surface area contributed by atoms with Crippen LogP contribution < -0.4 is 5.32 Å². The Morgan fingerprint density at radius 1 is 1.69 bits per heavy atom. The second-order valence-electron chi connectivity index (χ2n) is 1.92. The van der Waals surface area contributed by atoms with Crippen LogP contribution in [0.15, 0.2) is 6.20 Å². The Kier molecular flexibility index (Phi) is 3.21. The lowest BCUT2D eigenvalue weighted by molar-refractivity contribution is -0.150. The number of halogens is 1. The molecule has 0 spiro atoms. The van der Waals surface area contributed by atoms with Crippen LogP contribution >= 0.6 is 22.9 Å². The van der Waals surface area contributed by atoms with Gasteiger partial charge in [0.1, 0.15) is 4.34 Å². The smallest absolute Gasteiger partial charge is 0.396 e. The van der Waals surface area contributed by atoms with Gasteiger partial charge in [-0.2, -0.15) is 0 Å². The van der Waals surface area contributed by atoms with Crippen molar-refractivity contribution in [2.45, 2.75) is 0 Å². The van der Waals surface area contributed by atoms with E-state index in [4.69, 9.17) is 11.6 Å². The van der Waals surface area contributed by atoms with Crippen molar-refractivity contribution in [2.24, 2.45) is 0 Å². The maximum atomic E-state index is 10.9. The number of aromatic nitrogens is 1. The summed E-state index contributed by atoms with van der Waals surface area (Å²) >= 11 is 6.60. The number of rotatable bonds is 1. The molecule has 1 heterocycles. The molecule has 0 saturated heterocycles. The summed E-state index contributed by atoms with van der Waals surface area (Å²) in [5.41, 5.74) is 0. The Morgan fingerprint density at radius 2 is 2.38 bits per heavy atom. The van der Waals surface area contributed by atoms with Crippen LogP contribution in [0, 0.1) is 0 Å². The van der Waals surface area contributed by atoms with E-state index in [2.05, 4.69) is 15.0 Å². The highest BCUT2D eigenvalue weighted by molar-refractivity contribution is 7.19. The van der Waals surface area contributed by atoms with Crippen LogP contribution in [0.25, 0.3) is 0 Å². The van der Waals surface area contributed by atoms with Crippen LogP contribution in [0.3, 0.4) is 0 Å². The normalized spacial score (nSPS) is 9.38. The van der Waals surface area contributed by atoms with E-state index in [1.54, 1.807) is 0 Å². The molecule has 1 aromatic rings. The predicted octanol–water partition coefficient (Wildman–Crippen LogP) is 0.908. The molecule has 0 bridgehead atoms. The summed E-state index contributed by atoms with van der Waals surface area (Å²) in [6.45, 7) is 0. The van der Waals surface area contributed by atoms with Crippen LogP contribution in [-0.4, -0.2) is 24.0 Å². The molecular weight excluding hydrogens is 216 g/mol. The number of carbonyl (C=O) groups is 2. The highest BCUT2D eigenvalue weighted by Gasteiger charge is 2.14. The maximum absolute atomic E-state index is 10.9. The topological polar surface area (TPSA) is 68.3 Å². The molecule has 13 heavy (non-hydrogen) atoms. The molecule has 1 aromatic heterocycles. The van der Waals surface area contributed by atoms with Crippen molar-refractivity contribution >= 4 is 39.9 Å². The lowest BCUT2D eigenvalue weighted by atomic mass is 10.6. The first-order chi connectivity index (χ1) is 6.13. The minimum Gasteiger partial charge on any atom is -0.462 e. The molecule has 0 aliphatic carbocycles. The summed E-state index contributed by atoms with van der Waals surface area (Å²) in [6.07, 6.45) is 1.37. The van der Waals surface area contributed by atoms with Crippen molar-refractivity contribution in [2.75, 3.05) is 12.4 Å². The molecule has 0 unspecified atom stereocenters. The molecule has 7 heteroatoms. The van der Waals surface area contributed by atoms with Gasteiger partial charge in [0, 0.05) is 0 Å². The van der Waals surface area contributed by atoms with Crippen LogP contribution in [0.2, 0.25) is 4.34 Å². The molecule has 5 nitrogen and oxygen atoms in total. The molecule has 0 radical (unpaired) electrons. The molecule has 0 saturated carbocycles. The summed E-state index contributed by atoms with van der Waals surface area (Å²) in [7, 11) is 1.12. The summed E-state index contributed by atoms with van der Waals surface area (Å²) in [5, 5.41) is 2.49. The quantitative estimate of drug-likeness (QED) is 0.564. The lowest BCUT2D eigenvalue weighted by Crippen LogP contribution is -2.23. The van der Waals surface area contributed by atoms with Crippen LogP contribution in [0.1, 0.15) is 0 Å². The van der Waals surface area contributed by atoms with E-state index in [9.17, 15) is 9.59 Å². The Labute approximate surface area is 82.7 Å². The second kappa shape index (κ2) is 4.20. The number of hydrogen-bond donors (Lipinski definition) is 1. The van der Waals surface area contributed by atoms with Gasteiger partial charge in [-0.25, -0.2) is 9.78 Å². The van der Waals surface area contributed by atoms with Crippen LogP contribution in [0.4, 0.5) is 5.13 Å². The molecule has 0 aliphatic rings. The van der Waals surface area contributed by atoms with Crippen molar-refractivity contribution in [3.8, 4) is 0 Å². The summed E-state index contributed by atoms with van der Waals surface area (Å²) < 4.78 is 4.61. The summed E-state index contributed by atoms with van der Waals surface area (Å²) in [5.74, 6) is -1.83. The molecule has 1 N–H and O–H groups in total. The van der Waals surface area contributed by atoms with Gasteiger partial charge in [0.25, 0.3) is 0 Å². The number of anilines is 1. The van der Waals surface area contributed by atoms with Gasteiger partial charge in [0.05, 0.1) is 13.3 Å². The third kappa shape index (κ3) is 2.67. The number of nitrogens with zero attached hydrogens (tertiary/aromatic N) is 1. The third-order valence-corrected chi connectivity index (χ3v) is 2.10. The van der Waals surface area contributed by atoms with E-state index in [0.717, 1.165) is 18.4 Å². The zero-order chi connectivity index (χ0) is 9.84. The number of methoxy groups -OCH3 is 1. The Bertz CT molecular complexity index is 338. The second-order valence-corrected chi connectivity index (χ2v) is 3.58. The Hall–Kier alpha value is -1.14. The van der Waals surface area contributed by atoms with Crippen molar-refractivity contribution < 1.29 is 14.3 Å². The Balaban J connectivity index is 2.60. The molecular formula is C6H5ClN2O3S. The molecule has 1 rings (SSSR count). The van der Waals surface area contributed by atoms with E-state index in [0.29, 0.717) is 4.34 Å². The number of esters is 1. The first-order valence-electron chi connectivity index (χ1n) is 3.14. The number of hydrogen-bond acceptors (Lipinski definition) is 5. The first-order valence-corrected chi connectivity index (χ1v) is 4.33. The largest absolute Gasteiger partial charge is 0.462 e. The summed E-state index contributed by atoms with van der Waals surface area (Å²) in [6, 6.07) is 0. The number of carbonyl (C=O) groups excluding carboxylic acids is 2. The van der Waals surface area contributed by atoms with E-state index in [1.807, 2.05) is 0 Å². The minimum atomic E-state index is -0.966. The molecule has 0 fully saturated rings. The third-order valence-electron chi connectivity index (χ3n) is 1.07. The van der Waals surface area contributed by atoms with E-state index in [1.165, 1.54) is 6.20 Å². The van der Waals surface area contributed by atoms with Crippen LogP contribution in [0.5, 0.6) is 0 Å². The zero-order valence-corrected chi connectivity index (χ0v) is 8.11. The molecule has 0 atom stereocenters. The number of amides is 1. The van der Waals surface area contributed by atoms with Gasteiger partial charge < -0.3 is 4.74 Å². The van der Waals surface area contributed by atoms with Gasteiger partial charge in [-0.05, 0) is 0 Å². The maximum Gasteiger partial charge on any atom is 0.396 e. The zero-order valence-electron chi connectivity index (χ0n) is 6.54. The van der Waals surface area contributed by atoms with Gasteiger partial charge in [0.2, 0.25) is 0 Å². The van der Waals surface area contributed by atoms with Crippen molar-refractivity contribution in [3.63, 3.8) is 0 Å². The molecule has 0 aliphatic heterocycles. The van der Waals surface area contributed by atoms with Crippen LogP contribution in [-0.2, 0) is 14.3 Å². The van der Waals surface area contributed by atoms with Gasteiger partial charge in [-0.1, -0.05) is 22.9 Å². The van der Waals surface area contributed by atoms with E-state index in [-0.39, 0.29) is 5.13 Å². The predicted molar refractivity (Wildman–Crippen MR) is 47.8 cm³/mol. The number of thiazole rings is 1. The average molecular weight is 221 g/mol. The highest BCUT2D eigenvalue weighted by atomic mass is 35.5.